The molecule has 6 nitrogen and oxygen atoms in total. The van der Waals surface area contributed by atoms with Gasteiger partial charge in [0.2, 0.25) is 15.9 Å². The topological polar surface area (TPSA) is 75.7 Å². The number of benzene rings is 1. The first kappa shape index (κ1) is 19.6. The van der Waals surface area contributed by atoms with Crippen molar-refractivity contribution in [3.63, 3.8) is 0 Å². The van der Waals surface area contributed by atoms with Gasteiger partial charge in [0.15, 0.2) is 0 Å². The first-order valence-electron chi connectivity index (χ1n) is 7.18. The second kappa shape index (κ2) is 7.88. The molecule has 1 aromatic carbocycles. The lowest BCUT2D eigenvalue weighted by molar-refractivity contribution is -0.121. The summed E-state index contributed by atoms with van der Waals surface area (Å²) in [6.07, 6.45) is 1.04. The van der Waals surface area contributed by atoms with Crippen molar-refractivity contribution in [2.24, 2.45) is 5.92 Å². The molecule has 0 aliphatic carbocycles. The van der Waals surface area contributed by atoms with E-state index in [2.05, 4.69) is 5.32 Å². The third-order valence-electron chi connectivity index (χ3n) is 3.15. The maximum absolute atomic E-state index is 12.3. The highest BCUT2D eigenvalue weighted by atomic mass is 35.5. The van der Waals surface area contributed by atoms with E-state index < -0.39 is 16.1 Å². The molecule has 0 saturated heterocycles. The average Bonchev–Trinajstić information content (AvgIpc) is 2.43. The molecule has 0 saturated carbocycles. The monoisotopic (exact) mass is 362 g/mol. The van der Waals surface area contributed by atoms with Gasteiger partial charge in [-0.1, -0.05) is 25.4 Å². The number of hydrogen-bond acceptors (Lipinski definition) is 4. The molecule has 1 aromatic rings. The molecule has 1 rings (SSSR count). The van der Waals surface area contributed by atoms with Gasteiger partial charge in [0.25, 0.3) is 0 Å². The number of carbonyl (C=O) groups excluding carboxylic acids is 1. The zero-order valence-electron chi connectivity index (χ0n) is 14.0. The quantitative estimate of drug-likeness (QED) is 0.807. The van der Waals surface area contributed by atoms with Crippen LogP contribution < -0.4 is 14.4 Å². The molecule has 23 heavy (non-hydrogen) atoms. The Kier molecular flexibility index (Phi) is 6.70. The first-order chi connectivity index (χ1) is 10.6. The number of amides is 1. The lowest BCUT2D eigenvalue weighted by atomic mass is 10.2. The van der Waals surface area contributed by atoms with Gasteiger partial charge in [-0.05, 0) is 31.0 Å². The maximum Gasteiger partial charge on any atom is 0.243 e. The van der Waals surface area contributed by atoms with Crippen molar-refractivity contribution in [2.45, 2.75) is 26.8 Å². The summed E-state index contributed by atoms with van der Waals surface area (Å²) in [5, 5.41) is 3.09. The van der Waals surface area contributed by atoms with Crippen LogP contribution in [0.3, 0.4) is 0 Å². The number of methoxy groups -OCH3 is 1. The van der Waals surface area contributed by atoms with E-state index in [0.29, 0.717) is 17.3 Å². The van der Waals surface area contributed by atoms with Gasteiger partial charge in [-0.25, -0.2) is 8.42 Å². The van der Waals surface area contributed by atoms with Crippen molar-refractivity contribution >= 4 is 33.2 Å². The summed E-state index contributed by atoms with van der Waals surface area (Å²) in [4.78, 5) is 12.3. The summed E-state index contributed by atoms with van der Waals surface area (Å²) in [6, 6.07) is 3.69. The van der Waals surface area contributed by atoms with Crippen molar-refractivity contribution in [3.05, 3.63) is 23.2 Å². The Balaban J connectivity index is 3.26. The number of carbonyl (C=O) groups is 1. The van der Waals surface area contributed by atoms with Gasteiger partial charge in [0, 0.05) is 11.6 Å². The van der Waals surface area contributed by atoms with Gasteiger partial charge in [-0.2, -0.15) is 0 Å². The van der Waals surface area contributed by atoms with Gasteiger partial charge in [0.1, 0.15) is 11.8 Å². The normalized spacial score (nSPS) is 12.8. The van der Waals surface area contributed by atoms with Gasteiger partial charge < -0.3 is 10.1 Å². The Morgan fingerprint density at radius 1 is 1.35 bits per heavy atom. The molecule has 0 radical (unpaired) electrons. The number of hydrogen-bond donors (Lipinski definition) is 1. The largest absolute Gasteiger partial charge is 0.495 e. The molecule has 1 N–H and O–H groups in total. The van der Waals surface area contributed by atoms with Crippen LogP contribution in [0.2, 0.25) is 5.02 Å². The minimum Gasteiger partial charge on any atom is -0.495 e. The van der Waals surface area contributed by atoms with Crippen LogP contribution >= 0.6 is 11.6 Å². The van der Waals surface area contributed by atoms with E-state index in [9.17, 15) is 13.2 Å². The maximum atomic E-state index is 12.3. The zero-order valence-corrected chi connectivity index (χ0v) is 15.5. The molecule has 1 amide bonds. The summed E-state index contributed by atoms with van der Waals surface area (Å²) in [5.74, 6) is 0.202. The lowest BCUT2D eigenvalue weighted by Crippen LogP contribution is -2.48. The SMILES string of the molecule is COc1ccc(Cl)cc1N([C@H](C)C(=O)NCC(C)C)S(C)(=O)=O. The van der Waals surface area contributed by atoms with Crippen LogP contribution in [-0.4, -0.2) is 40.3 Å². The minimum atomic E-state index is -3.72. The Labute approximate surface area is 142 Å². The molecule has 0 spiro atoms. The predicted molar refractivity (Wildman–Crippen MR) is 92.6 cm³/mol. The number of nitrogens with zero attached hydrogens (tertiary/aromatic N) is 1. The summed E-state index contributed by atoms with van der Waals surface area (Å²) in [5.41, 5.74) is 0.231. The number of nitrogens with one attached hydrogen (secondary N) is 1. The highest BCUT2D eigenvalue weighted by molar-refractivity contribution is 7.92. The third kappa shape index (κ3) is 5.28. The fraction of sp³-hybridized carbons (Fsp3) is 0.533. The summed E-state index contributed by atoms with van der Waals surface area (Å²) < 4.78 is 30.7. The van der Waals surface area contributed by atoms with Crippen LogP contribution in [0.25, 0.3) is 0 Å². The Hall–Kier alpha value is -1.47. The Bertz CT molecular complexity index is 661. The van der Waals surface area contributed by atoms with Crippen LogP contribution in [0.15, 0.2) is 18.2 Å². The zero-order chi connectivity index (χ0) is 17.8. The van der Waals surface area contributed by atoms with E-state index in [-0.39, 0.29) is 17.5 Å². The average molecular weight is 363 g/mol. The third-order valence-corrected chi connectivity index (χ3v) is 4.61. The molecule has 0 aromatic heterocycles. The van der Waals surface area contributed by atoms with Crippen molar-refractivity contribution in [3.8, 4) is 5.75 Å². The molecule has 0 aliphatic rings. The number of sulfonamides is 1. The molecule has 0 heterocycles. The van der Waals surface area contributed by atoms with Crippen LogP contribution in [0.1, 0.15) is 20.8 Å². The van der Waals surface area contributed by atoms with E-state index >= 15 is 0 Å². The first-order valence-corrected chi connectivity index (χ1v) is 9.41. The van der Waals surface area contributed by atoms with E-state index in [1.165, 1.54) is 20.1 Å². The van der Waals surface area contributed by atoms with E-state index in [1.54, 1.807) is 12.1 Å². The molecule has 0 fully saturated rings. The summed E-state index contributed by atoms with van der Waals surface area (Å²) >= 11 is 5.98. The number of ether oxygens (including phenoxy) is 1. The molecule has 0 aliphatic heterocycles. The van der Waals surface area contributed by atoms with Gasteiger partial charge in [-0.15, -0.1) is 0 Å². The fourth-order valence-electron chi connectivity index (χ4n) is 2.07. The van der Waals surface area contributed by atoms with E-state index in [4.69, 9.17) is 16.3 Å². The molecular formula is C15H23ClN2O4S. The molecule has 0 unspecified atom stereocenters. The van der Waals surface area contributed by atoms with E-state index in [1.807, 2.05) is 13.8 Å². The second-order valence-electron chi connectivity index (χ2n) is 5.69. The van der Waals surface area contributed by atoms with Gasteiger partial charge >= 0.3 is 0 Å². The van der Waals surface area contributed by atoms with Gasteiger partial charge in [0.05, 0.1) is 19.1 Å². The van der Waals surface area contributed by atoms with Crippen LogP contribution in [-0.2, 0) is 14.8 Å². The Morgan fingerprint density at radius 3 is 2.43 bits per heavy atom. The molecule has 130 valence electrons. The minimum absolute atomic E-state index is 0.231. The lowest BCUT2D eigenvalue weighted by Gasteiger charge is -2.29. The number of anilines is 1. The number of halogens is 1. The van der Waals surface area contributed by atoms with E-state index in [0.717, 1.165) is 10.6 Å². The summed E-state index contributed by atoms with van der Waals surface area (Å²) in [7, 11) is -2.29. The highest BCUT2D eigenvalue weighted by Gasteiger charge is 2.31. The second-order valence-corrected chi connectivity index (χ2v) is 7.99. The number of rotatable bonds is 7. The Morgan fingerprint density at radius 2 is 1.96 bits per heavy atom. The predicted octanol–water partition coefficient (Wildman–Crippen LogP) is 2.28. The van der Waals surface area contributed by atoms with Crippen molar-refractivity contribution in [1.82, 2.24) is 5.32 Å². The highest BCUT2D eigenvalue weighted by Crippen LogP contribution is 2.34. The summed E-state index contributed by atoms with van der Waals surface area (Å²) in [6.45, 7) is 5.91. The fourth-order valence-corrected chi connectivity index (χ4v) is 3.41. The molecular weight excluding hydrogens is 340 g/mol. The molecule has 0 bridgehead atoms. The van der Waals surface area contributed by atoms with Crippen molar-refractivity contribution < 1.29 is 17.9 Å². The molecule has 1 atom stereocenters. The molecule has 8 heteroatoms. The van der Waals surface area contributed by atoms with Crippen molar-refractivity contribution in [2.75, 3.05) is 24.2 Å². The van der Waals surface area contributed by atoms with Crippen molar-refractivity contribution in [1.29, 1.82) is 0 Å². The standard InChI is InChI=1S/C15H23ClN2O4S/c1-10(2)9-17-15(19)11(3)18(23(5,20)21)13-8-12(16)6-7-14(13)22-4/h6-8,10-11H,9H2,1-5H3,(H,17,19)/t11-/m1/s1. The van der Waals surface area contributed by atoms with Crippen LogP contribution in [0, 0.1) is 5.92 Å². The van der Waals surface area contributed by atoms with Crippen LogP contribution in [0.4, 0.5) is 5.69 Å². The smallest absolute Gasteiger partial charge is 0.243 e. The van der Waals surface area contributed by atoms with Crippen LogP contribution in [0.5, 0.6) is 5.75 Å². The van der Waals surface area contributed by atoms with Gasteiger partial charge in [-0.3, -0.25) is 9.10 Å².